The topological polar surface area (TPSA) is 35.2 Å². The molecule has 0 amide bonds. The molecular weight excluding hydrogens is 174 g/mol. The van der Waals surface area contributed by atoms with E-state index in [4.69, 9.17) is 10.5 Å². The number of methoxy groups -OCH3 is 1. The highest BCUT2D eigenvalue weighted by molar-refractivity contribution is 5.31. The molecule has 2 rings (SSSR count). The highest BCUT2D eigenvalue weighted by atomic mass is 16.5. The van der Waals surface area contributed by atoms with Gasteiger partial charge in [-0.05, 0) is 30.4 Å². The summed E-state index contributed by atoms with van der Waals surface area (Å²) in [6.07, 6.45) is 3.30. The first-order valence-electron chi connectivity index (χ1n) is 5.17. The molecule has 2 heteroatoms. The number of benzene rings is 1. The monoisotopic (exact) mass is 191 g/mol. The van der Waals surface area contributed by atoms with Gasteiger partial charge in [-0.15, -0.1) is 0 Å². The highest BCUT2D eigenvalue weighted by Gasteiger charge is 2.20. The summed E-state index contributed by atoms with van der Waals surface area (Å²) in [6.45, 7) is 0. The molecule has 0 saturated carbocycles. The molecule has 0 saturated heterocycles. The highest BCUT2D eigenvalue weighted by Crippen LogP contribution is 2.30. The first-order chi connectivity index (χ1) is 6.81. The lowest BCUT2D eigenvalue weighted by molar-refractivity contribution is 0.0943. The standard InChI is InChI=1S/C12H17NO/c1-14-12-7-6-10(13)8-9-4-2-3-5-11(9)12/h2-5,10,12H,6-8,13H2,1H3. The van der Waals surface area contributed by atoms with Crippen LogP contribution < -0.4 is 5.73 Å². The smallest absolute Gasteiger partial charge is 0.0824 e. The Labute approximate surface area is 85.1 Å². The molecule has 2 nitrogen and oxygen atoms in total. The summed E-state index contributed by atoms with van der Waals surface area (Å²) < 4.78 is 5.49. The third-order valence-corrected chi connectivity index (χ3v) is 2.97. The molecular formula is C12H17NO. The Kier molecular flexibility index (Phi) is 2.85. The number of nitrogens with two attached hydrogens (primary N) is 1. The summed E-state index contributed by atoms with van der Waals surface area (Å²) in [5.74, 6) is 0. The molecule has 1 aliphatic carbocycles. The molecule has 2 atom stereocenters. The summed E-state index contributed by atoms with van der Waals surface area (Å²) in [4.78, 5) is 0. The van der Waals surface area contributed by atoms with Crippen molar-refractivity contribution < 1.29 is 4.74 Å². The predicted molar refractivity (Wildman–Crippen MR) is 57.1 cm³/mol. The fourth-order valence-electron chi connectivity index (χ4n) is 2.18. The van der Waals surface area contributed by atoms with E-state index in [1.54, 1.807) is 7.11 Å². The van der Waals surface area contributed by atoms with E-state index < -0.39 is 0 Å². The minimum absolute atomic E-state index is 0.236. The van der Waals surface area contributed by atoms with E-state index in [9.17, 15) is 0 Å². The van der Waals surface area contributed by atoms with Crippen molar-refractivity contribution >= 4 is 0 Å². The summed E-state index contributed by atoms with van der Waals surface area (Å²) >= 11 is 0. The molecule has 0 fully saturated rings. The molecule has 2 unspecified atom stereocenters. The fourth-order valence-corrected chi connectivity index (χ4v) is 2.18. The zero-order valence-corrected chi connectivity index (χ0v) is 8.57. The molecule has 2 N–H and O–H groups in total. The molecule has 1 aromatic rings. The lowest BCUT2D eigenvalue weighted by Gasteiger charge is -2.15. The van der Waals surface area contributed by atoms with Crippen molar-refractivity contribution in [1.29, 1.82) is 0 Å². The van der Waals surface area contributed by atoms with Gasteiger partial charge in [0.25, 0.3) is 0 Å². The first-order valence-corrected chi connectivity index (χ1v) is 5.17. The van der Waals surface area contributed by atoms with Crippen LogP contribution in [0.5, 0.6) is 0 Å². The van der Waals surface area contributed by atoms with E-state index in [2.05, 4.69) is 24.3 Å². The first kappa shape index (κ1) is 9.69. The van der Waals surface area contributed by atoms with Gasteiger partial charge in [0, 0.05) is 13.2 Å². The summed E-state index contributed by atoms with van der Waals surface area (Å²) in [5, 5.41) is 0. The molecule has 0 aromatic heterocycles. The maximum absolute atomic E-state index is 6.01. The second-order valence-electron chi connectivity index (χ2n) is 3.96. The van der Waals surface area contributed by atoms with Crippen LogP contribution in [0.3, 0.4) is 0 Å². The van der Waals surface area contributed by atoms with Crippen LogP contribution in [0.4, 0.5) is 0 Å². The second kappa shape index (κ2) is 4.11. The van der Waals surface area contributed by atoms with Gasteiger partial charge < -0.3 is 10.5 Å². The lowest BCUT2D eigenvalue weighted by atomic mass is 10.0. The van der Waals surface area contributed by atoms with Crippen molar-refractivity contribution in [2.75, 3.05) is 7.11 Å². The van der Waals surface area contributed by atoms with Crippen LogP contribution in [0.15, 0.2) is 24.3 Å². The van der Waals surface area contributed by atoms with Gasteiger partial charge in [-0.2, -0.15) is 0 Å². The van der Waals surface area contributed by atoms with Crippen LogP contribution in [0.1, 0.15) is 30.1 Å². The average molecular weight is 191 g/mol. The molecule has 0 bridgehead atoms. The number of rotatable bonds is 1. The molecule has 0 aliphatic heterocycles. The third kappa shape index (κ3) is 1.81. The molecule has 1 aromatic carbocycles. The minimum Gasteiger partial charge on any atom is -0.377 e. The van der Waals surface area contributed by atoms with Crippen LogP contribution in [0.2, 0.25) is 0 Å². The van der Waals surface area contributed by atoms with Crippen LogP contribution >= 0.6 is 0 Å². The SMILES string of the molecule is COC1CCC(N)Cc2ccccc21. The van der Waals surface area contributed by atoms with Gasteiger partial charge in [0.1, 0.15) is 0 Å². The zero-order chi connectivity index (χ0) is 9.97. The molecule has 0 radical (unpaired) electrons. The minimum atomic E-state index is 0.236. The van der Waals surface area contributed by atoms with Gasteiger partial charge in [-0.3, -0.25) is 0 Å². The number of hydrogen-bond donors (Lipinski definition) is 1. The van der Waals surface area contributed by atoms with Crippen molar-refractivity contribution in [3.05, 3.63) is 35.4 Å². The van der Waals surface area contributed by atoms with E-state index in [1.807, 2.05) is 0 Å². The number of fused-ring (bicyclic) bond motifs is 1. The van der Waals surface area contributed by atoms with Gasteiger partial charge in [-0.1, -0.05) is 24.3 Å². The van der Waals surface area contributed by atoms with Gasteiger partial charge in [-0.25, -0.2) is 0 Å². The van der Waals surface area contributed by atoms with Crippen molar-refractivity contribution in [2.45, 2.75) is 31.4 Å². The van der Waals surface area contributed by atoms with E-state index in [-0.39, 0.29) is 12.1 Å². The van der Waals surface area contributed by atoms with E-state index >= 15 is 0 Å². The number of ether oxygens (including phenoxy) is 1. The van der Waals surface area contributed by atoms with Gasteiger partial charge in [0.15, 0.2) is 0 Å². The van der Waals surface area contributed by atoms with Crippen molar-refractivity contribution in [3.8, 4) is 0 Å². The van der Waals surface area contributed by atoms with Crippen LogP contribution in [0, 0.1) is 0 Å². The molecule has 76 valence electrons. The normalized spacial score (nSPS) is 26.7. The Morgan fingerprint density at radius 2 is 2.07 bits per heavy atom. The van der Waals surface area contributed by atoms with Crippen LogP contribution in [-0.2, 0) is 11.2 Å². The number of hydrogen-bond acceptors (Lipinski definition) is 2. The van der Waals surface area contributed by atoms with E-state index in [0.29, 0.717) is 0 Å². The Balaban J connectivity index is 2.36. The average Bonchev–Trinajstić information content (AvgIpc) is 2.36. The summed E-state index contributed by atoms with van der Waals surface area (Å²) in [5.41, 5.74) is 8.68. The van der Waals surface area contributed by atoms with E-state index in [0.717, 1.165) is 19.3 Å². The maximum atomic E-state index is 6.01. The van der Waals surface area contributed by atoms with Crippen molar-refractivity contribution in [1.82, 2.24) is 0 Å². The molecule has 1 aliphatic rings. The quantitative estimate of drug-likeness (QED) is 0.689. The zero-order valence-electron chi connectivity index (χ0n) is 8.57. The summed E-state index contributed by atoms with van der Waals surface area (Å²) in [7, 11) is 1.78. The Morgan fingerprint density at radius 3 is 2.86 bits per heavy atom. The van der Waals surface area contributed by atoms with Gasteiger partial charge >= 0.3 is 0 Å². The lowest BCUT2D eigenvalue weighted by Crippen LogP contribution is -2.21. The maximum Gasteiger partial charge on any atom is 0.0824 e. The van der Waals surface area contributed by atoms with Crippen LogP contribution in [-0.4, -0.2) is 13.2 Å². The van der Waals surface area contributed by atoms with Gasteiger partial charge in [0.05, 0.1) is 6.10 Å². The second-order valence-corrected chi connectivity index (χ2v) is 3.96. The summed E-state index contributed by atoms with van der Waals surface area (Å²) in [6, 6.07) is 8.75. The van der Waals surface area contributed by atoms with Gasteiger partial charge in [0.2, 0.25) is 0 Å². The molecule has 14 heavy (non-hydrogen) atoms. The van der Waals surface area contributed by atoms with Crippen LogP contribution in [0.25, 0.3) is 0 Å². The predicted octanol–water partition coefficient (Wildman–Crippen LogP) is 2.04. The van der Waals surface area contributed by atoms with Crippen molar-refractivity contribution in [3.63, 3.8) is 0 Å². The molecule has 0 spiro atoms. The third-order valence-electron chi connectivity index (χ3n) is 2.97. The van der Waals surface area contributed by atoms with E-state index in [1.165, 1.54) is 11.1 Å². The molecule has 0 heterocycles. The largest absolute Gasteiger partial charge is 0.377 e. The Bertz CT molecular complexity index is 311. The Hall–Kier alpha value is -0.860. The fraction of sp³-hybridized carbons (Fsp3) is 0.500. The van der Waals surface area contributed by atoms with Crippen molar-refractivity contribution in [2.24, 2.45) is 5.73 Å². The Morgan fingerprint density at radius 1 is 1.29 bits per heavy atom.